The molecular formula is C17H26N4O3. The second-order valence-electron chi connectivity index (χ2n) is 6.71. The molecule has 0 saturated carbocycles. The fraction of sp³-hybridized carbons (Fsp3) is 0.706. The molecule has 2 aliphatic heterocycles. The van der Waals surface area contributed by atoms with Crippen molar-refractivity contribution in [2.75, 3.05) is 45.3 Å². The topological polar surface area (TPSA) is 76.6 Å². The lowest BCUT2D eigenvalue weighted by molar-refractivity contribution is -0.144. The van der Waals surface area contributed by atoms with Crippen LogP contribution >= 0.6 is 0 Å². The fourth-order valence-corrected chi connectivity index (χ4v) is 3.43. The van der Waals surface area contributed by atoms with Crippen LogP contribution in [0.15, 0.2) is 12.3 Å². The van der Waals surface area contributed by atoms with Crippen molar-refractivity contribution in [3.63, 3.8) is 0 Å². The molecular weight excluding hydrogens is 308 g/mol. The summed E-state index contributed by atoms with van der Waals surface area (Å²) in [7, 11) is 1.57. The van der Waals surface area contributed by atoms with E-state index in [1.165, 1.54) is 0 Å². The minimum atomic E-state index is -0.0591. The summed E-state index contributed by atoms with van der Waals surface area (Å²) in [6, 6.07) is 1.70. The summed E-state index contributed by atoms with van der Waals surface area (Å²) in [6.45, 7) is 5.93. The molecule has 1 N–H and O–H groups in total. The first-order valence-electron chi connectivity index (χ1n) is 8.65. The third-order valence-corrected chi connectivity index (χ3v) is 4.85. The molecule has 1 atom stereocenters. The molecule has 2 saturated heterocycles. The number of aromatic nitrogens is 2. The van der Waals surface area contributed by atoms with Crippen molar-refractivity contribution in [3.8, 4) is 5.88 Å². The van der Waals surface area contributed by atoms with E-state index in [1.807, 2.05) is 4.90 Å². The van der Waals surface area contributed by atoms with Crippen LogP contribution in [0.5, 0.6) is 5.88 Å². The Morgan fingerprint density at radius 3 is 2.88 bits per heavy atom. The largest absolute Gasteiger partial charge is 0.481 e. The summed E-state index contributed by atoms with van der Waals surface area (Å²) in [5.41, 5.74) is 0. The average Bonchev–Trinajstić information content (AvgIpc) is 2.60. The summed E-state index contributed by atoms with van der Waals surface area (Å²) in [6.07, 6.45) is 3.51. The minimum Gasteiger partial charge on any atom is -0.481 e. The van der Waals surface area contributed by atoms with Crippen LogP contribution in [0, 0.1) is 17.8 Å². The van der Waals surface area contributed by atoms with Crippen molar-refractivity contribution in [1.29, 1.82) is 0 Å². The van der Waals surface area contributed by atoms with Gasteiger partial charge in [-0.1, -0.05) is 6.92 Å². The maximum absolute atomic E-state index is 12.9. The number of ether oxygens (including phenoxy) is 2. The number of nitrogens with zero attached hydrogens (tertiary/aromatic N) is 3. The highest BCUT2D eigenvalue weighted by Crippen LogP contribution is 2.28. The number of amides is 1. The SMILES string of the molecule is COc1ccnc(NCC(C(=O)N2CC(C)C2)C2CCOCC2)n1. The predicted molar refractivity (Wildman–Crippen MR) is 89.9 cm³/mol. The van der Waals surface area contributed by atoms with E-state index < -0.39 is 0 Å². The van der Waals surface area contributed by atoms with Gasteiger partial charge in [0.25, 0.3) is 0 Å². The van der Waals surface area contributed by atoms with Crippen molar-refractivity contribution in [2.24, 2.45) is 17.8 Å². The van der Waals surface area contributed by atoms with Crippen molar-refractivity contribution in [3.05, 3.63) is 12.3 Å². The third-order valence-electron chi connectivity index (χ3n) is 4.85. The number of hydrogen-bond acceptors (Lipinski definition) is 6. The van der Waals surface area contributed by atoms with Crippen molar-refractivity contribution in [2.45, 2.75) is 19.8 Å². The van der Waals surface area contributed by atoms with Gasteiger partial charge in [-0.25, -0.2) is 4.98 Å². The maximum atomic E-state index is 12.9. The van der Waals surface area contributed by atoms with Crippen LogP contribution in [-0.2, 0) is 9.53 Å². The van der Waals surface area contributed by atoms with Gasteiger partial charge in [-0.05, 0) is 24.7 Å². The van der Waals surface area contributed by atoms with Crippen LogP contribution in [0.25, 0.3) is 0 Å². The standard InChI is InChI=1S/C17H26N4O3/c1-12-10-21(11-12)16(22)14(13-4-7-24-8-5-13)9-19-17-18-6-3-15(20-17)23-2/h3,6,12-14H,4-5,7-11H2,1-2H3,(H,18,19,20). The number of carbonyl (C=O) groups is 1. The fourth-order valence-electron chi connectivity index (χ4n) is 3.43. The molecule has 7 nitrogen and oxygen atoms in total. The Bertz CT molecular complexity index is 557. The van der Waals surface area contributed by atoms with Gasteiger partial charge in [0.15, 0.2) is 0 Å². The molecule has 1 amide bonds. The second kappa shape index (κ2) is 7.79. The number of rotatable bonds is 6. The molecule has 0 aliphatic carbocycles. The van der Waals surface area contributed by atoms with Gasteiger partial charge in [0, 0.05) is 45.1 Å². The molecule has 7 heteroatoms. The lowest BCUT2D eigenvalue weighted by atomic mass is 9.83. The summed E-state index contributed by atoms with van der Waals surface area (Å²) in [5.74, 6) is 2.15. The molecule has 1 aromatic rings. The summed E-state index contributed by atoms with van der Waals surface area (Å²) in [4.78, 5) is 23.3. The molecule has 1 aromatic heterocycles. The Labute approximate surface area is 142 Å². The zero-order valence-electron chi connectivity index (χ0n) is 14.4. The van der Waals surface area contributed by atoms with Crippen LogP contribution in [0.3, 0.4) is 0 Å². The molecule has 3 rings (SSSR count). The van der Waals surface area contributed by atoms with E-state index in [1.54, 1.807) is 19.4 Å². The molecule has 3 heterocycles. The quantitative estimate of drug-likeness (QED) is 0.848. The number of anilines is 1. The molecule has 24 heavy (non-hydrogen) atoms. The van der Waals surface area contributed by atoms with Gasteiger partial charge in [0.2, 0.25) is 17.7 Å². The lowest BCUT2D eigenvalue weighted by Crippen LogP contribution is -2.53. The number of methoxy groups -OCH3 is 1. The molecule has 0 spiro atoms. The van der Waals surface area contributed by atoms with E-state index in [9.17, 15) is 4.79 Å². The highest BCUT2D eigenvalue weighted by atomic mass is 16.5. The van der Waals surface area contributed by atoms with Crippen molar-refractivity contribution >= 4 is 11.9 Å². The molecule has 1 unspecified atom stereocenters. The van der Waals surface area contributed by atoms with E-state index in [4.69, 9.17) is 9.47 Å². The Morgan fingerprint density at radius 1 is 1.46 bits per heavy atom. The first-order chi connectivity index (χ1) is 11.7. The lowest BCUT2D eigenvalue weighted by Gasteiger charge is -2.41. The van der Waals surface area contributed by atoms with Crippen LogP contribution in [0.1, 0.15) is 19.8 Å². The third kappa shape index (κ3) is 3.95. The predicted octanol–water partition coefficient (Wildman–Crippen LogP) is 1.42. The van der Waals surface area contributed by atoms with E-state index in [-0.39, 0.29) is 11.8 Å². The summed E-state index contributed by atoms with van der Waals surface area (Å²) < 4.78 is 10.6. The van der Waals surface area contributed by atoms with Gasteiger partial charge >= 0.3 is 0 Å². The van der Waals surface area contributed by atoms with Gasteiger partial charge in [0.1, 0.15) is 0 Å². The number of hydrogen-bond donors (Lipinski definition) is 1. The second-order valence-corrected chi connectivity index (χ2v) is 6.71. The van der Waals surface area contributed by atoms with Gasteiger partial charge in [-0.2, -0.15) is 4.98 Å². The Morgan fingerprint density at radius 2 is 2.21 bits per heavy atom. The van der Waals surface area contributed by atoms with Crippen molar-refractivity contribution in [1.82, 2.24) is 14.9 Å². The zero-order valence-corrected chi connectivity index (χ0v) is 14.4. The van der Waals surface area contributed by atoms with Gasteiger partial charge < -0.3 is 19.7 Å². The molecule has 0 bridgehead atoms. The highest BCUT2D eigenvalue weighted by Gasteiger charge is 2.36. The van der Waals surface area contributed by atoms with Crippen LogP contribution in [-0.4, -0.2) is 60.7 Å². The van der Waals surface area contributed by atoms with E-state index >= 15 is 0 Å². The van der Waals surface area contributed by atoms with Gasteiger partial charge in [-0.15, -0.1) is 0 Å². The van der Waals surface area contributed by atoms with Crippen LogP contribution in [0.2, 0.25) is 0 Å². The van der Waals surface area contributed by atoms with Gasteiger partial charge in [-0.3, -0.25) is 4.79 Å². The average molecular weight is 334 g/mol. The minimum absolute atomic E-state index is 0.0591. The van der Waals surface area contributed by atoms with Crippen LogP contribution < -0.4 is 10.1 Å². The number of carbonyl (C=O) groups excluding carboxylic acids is 1. The van der Waals surface area contributed by atoms with E-state index in [0.717, 1.165) is 39.1 Å². The molecule has 0 radical (unpaired) electrons. The molecule has 2 aliphatic rings. The number of nitrogens with one attached hydrogen (secondary N) is 1. The van der Waals surface area contributed by atoms with Crippen LogP contribution in [0.4, 0.5) is 5.95 Å². The van der Waals surface area contributed by atoms with Crippen molar-refractivity contribution < 1.29 is 14.3 Å². The number of likely N-dealkylation sites (tertiary alicyclic amines) is 1. The molecule has 2 fully saturated rings. The van der Waals surface area contributed by atoms with E-state index in [0.29, 0.717) is 30.2 Å². The maximum Gasteiger partial charge on any atom is 0.227 e. The smallest absolute Gasteiger partial charge is 0.227 e. The first kappa shape index (κ1) is 17.0. The molecule has 0 aromatic carbocycles. The molecule has 132 valence electrons. The summed E-state index contributed by atoms with van der Waals surface area (Å²) in [5, 5.41) is 3.22. The first-order valence-corrected chi connectivity index (χ1v) is 8.65. The normalized spacial score (nSPS) is 20.3. The monoisotopic (exact) mass is 334 g/mol. The highest BCUT2D eigenvalue weighted by molar-refractivity contribution is 5.80. The van der Waals surface area contributed by atoms with Gasteiger partial charge in [0.05, 0.1) is 13.0 Å². The van der Waals surface area contributed by atoms with E-state index in [2.05, 4.69) is 22.2 Å². The Hall–Kier alpha value is -1.89. The Kier molecular flexibility index (Phi) is 5.50. The summed E-state index contributed by atoms with van der Waals surface area (Å²) >= 11 is 0. The Balaban J connectivity index is 1.65. The zero-order chi connectivity index (χ0) is 16.9.